The zero-order valence-electron chi connectivity index (χ0n) is 8.07. The Morgan fingerprint density at radius 3 is 0.727 bits per heavy atom. The first-order valence-corrected chi connectivity index (χ1v) is 12.0. The molecule has 0 bridgehead atoms. The van der Waals surface area contributed by atoms with Gasteiger partial charge in [0.15, 0.2) is 0 Å². The Morgan fingerprint density at radius 2 is 0.727 bits per heavy atom. The molecule has 0 aromatic carbocycles. The molecule has 0 spiro atoms. The predicted octanol–water partition coefficient (Wildman–Crippen LogP) is 3.56. The Labute approximate surface area is 88.7 Å². The van der Waals surface area contributed by atoms with Crippen LogP contribution in [0.15, 0.2) is 0 Å². The summed E-state index contributed by atoms with van der Waals surface area (Å²) in [5.74, 6) is 0. The van der Waals surface area contributed by atoms with E-state index in [4.69, 9.17) is 20.4 Å². The minimum absolute atomic E-state index is 0.120. The molecule has 0 atom stereocenters. The van der Waals surface area contributed by atoms with Crippen LogP contribution in [-0.2, 0) is 12.7 Å². The zero-order valence-corrected chi connectivity index (χ0v) is 12.6. The van der Waals surface area contributed by atoms with Gasteiger partial charge in [-0.15, -0.1) is 0 Å². The number of hydrogen-bond acceptors (Lipinski definition) is 0. The van der Waals surface area contributed by atoms with Gasteiger partial charge in [0.25, 0.3) is 0 Å². The first-order valence-electron chi connectivity index (χ1n) is 3.24. The third kappa shape index (κ3) is 315. The molecule has 0 saturated heterocycles. The maximum absolute atomic E-state index is 4.70. The molecule has 0 aliphatic heterocycles. The first-order chi connectivity index (χ1) is 4.88. The first kappa shape index (κ1) is 18.7. The second-order valence-corrected chi connectivity index (χ2v) is 10.7. The fraction of sp³-hybridized carbons (Fsp3) is 1.00. The Balaban J connectivity index is -0.0000000886. The van der Waals surface area contributed by atoms with Gasteiger partial charge in [0.1, 0.15) is 0 Å². The summed E-state index contributed by atoms with van der Waals surface area (Å²) in [4.78, 5) is 0. The van der Waals surface area contributed by atoms with Crippen LogP contribution in [0.5, 0.6) is 0 Å². The zero-order chi connectivity index (χ0) is 9.86. The van der Waals surface area contributed by atoms with Crippen molar-refractivity contribution in [2.24, 2.45) is 0 Å². The standard InChI is InChI=1S/2C3H9P.2ClH.Ni/c2*1-4(2)3;;;/h2*1-3H3;2*1H;/q;;;;+2. The van der Waals surface area contributed by atoms with E-state index >= 15 is 0 Å². The molecule has 0 heterocycles. The van der Waals surface area contributed by atoms with Gasteiger partial charge >= 0.3 is 33.0 Å². The van der Waals surface area contributed by atoms with Gasteiger partial charge in [-0.1, -0.05) is 0 Å². The summed E-state index contributed by atoms with van der Waals surface area (Å²) in [6.07, 6.45) is 0. The van der Waals surface area contributed by atoms with Gasteiger partial charge < -0.3 is 0 Å². The summed E-state index contributed by atoms with van der Waals surface area (Å²) < 4.78 is 0. The molecule has 0 aliphatic rings. The summed E-state index contributed by atoms with van der Waals surface area (Å²) in [6, 6.07) is 0. The molecule has 0 amide bonds. The van der Waals surface area contributed by atoms with Crippen LogP contribution >= 0.6 is 36.2 Å². The molecule has 11 heavy (non-hydrogen) atoms. The van der Waals surface area contributed by atoms with E-state index in [9.17, 15) is 0 Å². The maximum atomic E-state index is 4.70. The van der Waals surface area contributed by atoms with E-state index in [1.54, 1.807) is 0 Å². The van der Waals surface area contributed by atoms with Crippen LogP contribution in [0.4, 0.5) is 0 Å². The number of rotatable bonds is 0. The van der Waals surface area contributed by atoms with Crippen molar-refractivity contribution in [3.05, 3.63) is 0 Å². The van der Waals surface area contributed by atoms with Gasteiger partial charge in [0.05, 0.1) is 0 Å². The van der Waals surface area contributed by atoms with Crippen molar-refractivity contribution in [1.29, 1.82) is 0 Å². The van der Waals surface area contributed by atoms with Crippen LogP contribution in [0.1, 0.15) is 0 Å². The molecule has 0 radical (unpaired) electrons. The van der Waals surface area contributed by atoms with Gasteiger partial charge in [-0.3, -0.25) is 0 Å². The van der Waals surface area contributed by atoms with E-state index in [2.05, 4.69) is 40.0 Å². The second kappa shape index (κ2) is 17.9. The van der Waals surface area contributed by atoms with E-state index in [-0.39, 0.29) is 15.8 Å². The van der Waals surface area contributed by atoms with Crippen LogP contribution < -0.4 is 0 Å². The fourth-order valence-electron chi connectivity index (χ4n) is 0. The molecular formula is C6H20Cl2NiP2+2. The molecule has 0 fully saturated rings. The van der Waals surface area contributed by atoms with E-state index in [0.717, 1.165) is 0 Å². The van der Waals surface area contributed by atoms with Crippen molar-refractivity contribution in [3.63, 3.8) is 0 Å². The van der Waals surface area contributed by atoms with E-state index in [1.807, 2.05) is 0 Å². The predicted molar refractivity (Wildman–Crippen MR) is 63.9 cm³/mol. The summed E-state index contributed by atoms with van der Waals surface area (Å²) in [6.45, 7) is 13.6. The van der Waals surface area contributed by atoms with Crippen molar-refractivity contribution in [1.82, 2.24) is 0 Å². The topological polar surface area (TPSA) is 0 Å². The number of hydrogen-bond donors (Lipinski definition) is 0. The van der Waals surface area contributed by atoms with E-state index < -0.39 is 0 Å². The van der Waals surface area contributed by atoms with E-state index in [1.165, 1.54) is 0 Å². The summed E-state index contributed by atoms with van der Waals surface area (Å²) >= 11 is 0.569. The quantitative estimate of drug-likeness (QED) is 0.471. The Kier molecular flexibility index (Phi) is 30.3. The van der Waals surface area contributed by atoms with Crippen molar-refractivity contribution < 1.29 is 12.7 Å². The normalized spacial score (nSPS) is 8.55. The summed E-state index contributed by atoms with van der Waals surface area (Å²) in [5.41, 5.74) is 0. The Hall–Kier alpha value is 1.93. The Bertz CT molecular complexity index is 42.3. The molecule has 0 N–H and O–H groups in total. The molecule has 0 aliphatic carbocycles. The third-order valence-corrected chi connectivity index (χ3v) is 0. The minimum atomic E-state index is 0.120. The molecule has 0 nitrogen and oxygen atoms in total. The van der Waals surface area contributed by atoms with Crippen molar-refractivity contribution >= 4 is 36.2 Å². The molecule has 0 rings (SSSR count). The van der Waals surface area contributed by atoms with Crippen LogP contribution in [0.25, 0.3) is 0 Å². The van der Waals surface area contributed by atoms with Gasteiger partial charge in [-0.05, 0) is 15.8 Å². The van der Waals surface area contributed by atoms with Gasteiger partial charge in [-0.2, -0.15) is 0 Å². The SMILES string of the molecule is C[PH+](C)C.C[PH+](C)C.[Cl][Ni][Cl]. The molecule has 0 aromatic heterocycles. The van der Waals surface area contributed by atoms with Gasteiger partial charge in [0.2, 0.25) is 0 Å². The average molecular weight is 284 g/mol. The summed E-state index contributed by atoms with van der Waals surface area (Å²) in [5, 5.41) is 0. The van der Waals surface area contributed by atoms with E-state index in [0.29, 0.717) is 12.7 Å². The van der Waals surface area contributed by atoms with Crippen molar-refractivity contribution in [2.45, 2.75) is 0 Å². The van der Waals surface area contributed by atoms with Crippen LogP contribution in [0.2, 0.25) is 0 Å². The molecule has 76 valence electrons. The van der Waals surface area contributed by atoms with Gasteiger partial charge in [0, 0.05) is 40.0 Å². The summed E-state index contributed by atoms with van der Waals surface area (Å²) in [7, 11) is 9.64. The second-order valence-electron chi connectivity index (χ2n) is 3.05. The number of halogens is 2. The third-order valence-electron chi connectivity index (χ3n) is 0. The molecular weight excluding hydrogens is 264 g/mol. The average Bonchev–Trinajstić information content (AvgIpc) is 1.60. The van der Waals surface area contributed by atoms with Crippen LogP contribution in [0, 0.1) is 0 Å². The molecule has 0 aromatic rings. The van der Waals surface area contributed by atoms with Crippen LogP contribution in [-0.4, -0.2) is 40.0 Å². The molecule has 0 saturated carbocycles. The van der Waals surface area contributed by atoms with Crippen molar-refractivity contribution in [2.75, 3.05) is 40.0 Å². The Morgan fingerprint density at radius 1 is 0.727 bits per heavy atom. The van der Waals surface area contributed by atoms with Crippen molar-refractivity contribution in [3.8, 4) is 0 Å². The molecule has 0 unspecified atom stereocenters. The molecule has 5 heteroatoms. The fourth-order valence-corrected chi connectivity index (χ4v) is 0. The van der Waals surface area contributed by atoms with Gasteiger partial charge in [-0.25, -0.2) is 0 Å². The monoisotopic (exact) mass is 282 g/mol. The van der Waals surface area contributed by atoms with Crippen LogP contribution in [0.3, 0.4) is 0 Å².